The Bertz CT molecular complexity index is 835. The highest BCUT2D eigenvalue weighted by molar-refractivity contribution is 7.96. The molecule has 2 aliphatic heterocycles. The number of hydrogen-bond acceptors (Lipinski definition) is 5. The van der Waals surface area contributed by atoms with Gasteiger partial charge in [-0.25, -0.2) is 4.31 Å². The minimum Gasteiger partial charge on any atom is -0.296 e. The Labute approximate surface area is 199 Å². The lowest BCUT2D eigenvalue weighted by molar-refractivity contribution is 0.0290. The van der Waals surface area contributed by atoms with Crippen LogP contribution < -0.4 is 0 Å². The normalized spacial score (nSPS) is 24.1. The molecule has 0 N–H and O–H groups in total. The molecule has 0 radical (unpaired) electrons. The van der Waals surface area contributed by atoms with Gasteiger partial charge in [0.25, 0.3) is 0 Å². The Morgan fingerprint density at radius 1 is 0.750 bits per heavy atom. The lowest BCUT2D eigenvalue weighted by Crippen LogP contribution is -2.55. The van der Waals surface area contributed by atoms with Gasteiger partial charge in [0.2, 0.25) is 0 Å². The van der Waals surface area contributed by atoms with Gasteiger partial charge in [-0.2, -0.15) is 0 Å². The van der Waals surface area contributed by atoms with Crippen molar-refractivity contribution in [2.45, 2.75) is 52.5 Å². The molecule has 2 aromatic carbocycles. The van der Waals surface area contributed by atoms with Crippen LogP contribution in [0.1, 0.15) is 36.1 Å². The second-order valence-corrected chi connectivity index (χ2v) is 10.6. The third-order valence-corrected chi connectivity index (χ3v) is 7.94. The summed E-state index contributed by atoms with van der Waals surface area (Å²) in [5, 5.41) is 0. The van der Waals surface area contributed by atoms with Crippen molar-refractivity contribution >= 4 is 11.9 Å². The summed E-state index contributed by atoms with van der Waals surface area (Å²) in [4.78, 5) is 7.92. The highest BCUT2D eigenvalue weighted by Gasteiger charge is 2.29. The first-order valence-electron chi connectivity index (χ1n) is 12.1. The van der Waals surface area contributed by atoms with Crippen LogP contribution in [0.3, 0.4) is 0 Å². The average Bonchev–Trinajstić information content (AvgIpc) is 2.79. The maximum absolute atomic E-state index is 2.70. The standard InChI is InChI=1S/C27H40N4S/c1-22-8-10-25(11-9-22)19-29-17-23(2)31(24(3)18-29)21-27-7-5-6-26(16-27)20-28-12-14-30(32-4)15-13-28/h5-11,16,23-24H,12-15,17-21H2,1-4H3. The molecular formula is C27H40N4S. The van der Waals surface area contributed by atoms with Gasteiger partial charge >= 0.3 is 0 Å². The molecule has 0 amide bonds. The van der Waals surface area contributed by atoms with E-state index in [1.54, 1.807) is 0 Å². The van der Waals surface area contributed by atoms with E-state index in [2.05, 4.69) is 94.6 Å². The number of aryl methyl sites for hydroxylation is 1. The molecule has 0 aliphatic carbocycles. The first-order valence-corrected chi connectivity index (χ1v) is 13.3. The fourth-order valence-electron chi connectivity index (χ4n) is 5.22. The van der Waals surface area contributed by atoms with Crippen molar-refractivity contribution in [1.29, 1.82) is 0 Å². The molecule has 5 heteroatoms. The monoisotopic (exact) mass is 452 g/mol. The molecule has 2 heterocycles. The molecule has 2 aliphatic rings. The largest absolute Gasteiger partial charge is 0.296 e. The van der Waals surface area contributed by atoms with E-state index in [-0.39, 0.29) is 0 Å². The van der Waals surface area contributed by atoms with Gasteiger partial charge in [-0.1, -0.05) is 66.0 Å². The quantitative estimate of drug-likeness (QED) is 0.573. The van der Waals surface area contributed by atoms with E-state index < -0.39 is 0 Å². The lowest BCUT2D eigenvalue weighted by Gasteiger charge is -2.44. The topological polar surface area (TPSA) is 13.0 Å². The lowest BCUT2D eigenvalue weighted by atomic mass is 10.0. The van der Waals surface area contributed by atoms with E-state index in [0.29, 0.717) is 12.1 Å². The fraction of sp³-hybridized carbons (Fsp3) is 0.556. The van der Waals surface area contributed by atoms with Crippen molar-refractivity contribution in [2.75, 3.05) is 45.5 Å². The molecule has 0 bridgehead atoms. The predicted octanol–water partition coefficient (Wildman–Crippen LogP) is 4.49. The maximum atomic E-state index is 2.70. The van der Waals surface area contributed by atoms with Crippen molar-refractivity contribution in [3.63, 3.8) is 0 Å². The van der Waals surface area contributed by atoms with E-state index in [9.17, 15) is 0 Å². The smallest absolute Gasteiger partial charge is 0.0240 e. The van der Waals surface area contributed by atoms with Crippen molar-refractivity contribution in [3.8, 4) is 0 Å². The zero-order valence-corrected chi connectivity index (χ0v) is 21.2. The Morgan fingerprint density at radius 3 is 1.97 bits per heavy atom. The highest BCUT2D eigenvalue weighted by Crippen LogP contribution is 2.22. The molecule has 4 nitrogen and oxygen atoms in total. The molecule has 2 unspecified atom stereocenters. The Kier molecular flexibility index (Phi) is 8.30. The first-order chi connectivity index (χ1) is 15.5. The third kappa shape index (κ3) is 6.36. The fourth-order valence-corrected chi connectivity index (χ4v) is 5.75. The van der Waals surface area contributed by atoms with Crippen LogP contribution in [0.5, 0.6) is 0 Å². The number of hydrogen-bond donors (Lipinski definition) is 0. The summed E-state index contributed by atoms with van der Waals surface area (Å²) in [6.45, 7) is 17.1. The van der Waals surface area contributed by atoms with Crippen LogP contribution in [0.4, 0.5) is 0 Å². The van der Waals surface area contributed by atoms with E-state index in [1.165, 1.54) is 48.4 Å². The van der Waals surface area contributed by atoms with Crippen molar-refractivity contribution in [1.82, 2.24) is 19.0 Å². The summed E-state index contributed by atoms with van der Waals surface area (Å²) < 4.78 is 2.47. The summed E-state index contributed by atoms with van der Waals surface area (Å²) in [7, 11) is 0. The molecule has 2 atom stereocenters. The van der Waals surface area contributed by atoms with Gasteiger partial charge in [-0.3, -0.25) is 14.7 Å². The summed E-state index contributed by atoms with van der Waals surface area (Å²) in [6.07, 6.45) is 2.18. The highest BCUT2D eigenvalue weighted by atomic mass is 32.2. The molecule has 32 heavy (non-hydrogen) atoms. The molecule has 0 spiro atoms. The molecule has 2 fully saturated rings. The summed E-state index contributed by atoms with van der Waals surface area (Å²) in [5.74, 6) is 0. The SMILES string of the molecule is CSN1CCN(Cc2cccc(CN3C(C)CN(Cc4ccc(C)cc4)CC3C)c2)CC1. The summed E-state index contributed by atoms with van der Waals surface area (Å²) >= 11 is 1.87. The summed E-state index contributed by atoms with van der Waals surface area (Å²) in [6, 6.07) is 19.5. The van der Waals surface area contributed by atoms with Crippen LogP contribution in [0.2, 0.25) is 0 Å². The zero-order chi connectivity index (χ0) is 22.5. The Morgan fingerprint density at radius 2 is 1.34 bits per heavy atom. The number of benzene rings is 2. The number of rotatable bonds is 7. The Balaban J connectivity index is 1.32. The molecule has 174 valence electrons. The van der Waals surface area contributed by atoms with Gasteiger partial charge in [0, 0.05) is 71.0 Å². The van der Waals surface area contributed by atoms with Gasteiger partial charge < -0.3 is 0 Å². The van der Waals surface area contributed by atoms with Crippen molar-refractivity contribution < 1.29 is 0 Å². The van der Waals surface area contributed by atoms with Crippen LogP contribution >= 0.6 is 11.9 Å². The summed E-state index contributed by atoms with van der Waals surface area (Å²) in [5.41, 5.74) is 5.67. The van der Waals surface area contributed by atoms with Crippen LogP contribution in [0.25, 0.3) is 0 Å². The van der Waals surface area contributed by atoms with E-state index in [4.69, 9.17) is 0 Å². The Hall–Kier alpha value is -1.37. The van der Waals surface area contributed by atoms with E-state index in [0.717, 1.165) is 32.7 Å². The first kappa shape index (κ1) is 23.8. The average molecular weight is 453 g/mol. The zero-order valence-electron chi connectivity index (χ0n) is 20.3. The molecule has 0 aromatic heterocycles. The van der Waals surface area contributed by atoms with Crippen LogP contribution in [-0.2, 0) is 19.6 Å². The second kappa shape index (κ2) is 11.2. The number of nitrogens with zero attached hydrogens (tertiary/aromatic N) is 4. The van der Waals surface area contributed by atoms with Crippen molar-refractivity contribution in [2.24, 2.45) is 0 Å². The minimum atomic E-state index is 0.562. The van der Waals surface area contributed by atoms with Crippen molar-refractivity contribution in [3.05, 3.63) is 70.8 Å². The molecule has 2 saturated heterocycles. The van der Waals surface area contributed by atoms with Gasteiger partial charge in [-0.05, 0) is 43.7 Å². The molecule has 2 aromatic rings. The van der Waals surface area contributed by atoms with Crippen LogP contribution in [-0.4, -0.2) is 76.6 Å². The maximum Gasteiger partial charge on any atom is 0.0240 e. The van der Waals surface area contributed by atoms with Gasteiger partial charge in [0.15, 0.2) is 0 Å². The minimum absolute atomic E-state index is 0.562. The van der Waals surface area contributed by atoms with Gasteiger partial charge in [0.1, 0.15) is 0 Å². The molecule has 4 rings (SSSR count). The van der Waals surface area contributed by atoms with Crippen LogP contribution in [0.15, 0.2) is 48.5 Å². The molecular weight excluding hydrogens is 412 g/mol. The second-order valence-electron chi connectivity index (χ2n) is 9.76. The predicted molar refractivity (Wildman–Crippen MR) is 138 cm³/mol. The van der Waals surface area contributed by atoms with Crippen LogP contribution in [0, 0.1) is 6.92 Å². The van der Waals surface area contributed by atoms with E-state index in [1.807, 2.05) is 11.9 Å². The van der Waals surface area contributed by atoms with Gasteiger partial charge in [0.05, 0.1) is 0 Å². The number of piperazine rings is 2. The molecule has 0 saturated carbocycles. The van der Waals surface area contributed by atoms with E-state index >= 15 is 0 Å². The van der Waals surface area contributed by atoms with Gasteiger partial charge in [-0.15, -0.1) is 0 Å². The third-order valence-electron chi connectivity index (χ3n) is 7.06.